The Morgan fingerprint density at radius 1 is 1.00 bits per heavy atom. The highest BCUT2D eigenvalue weighted by Gasteiger charge is 2.18. The predicted molar refractivity (Wildman–Crippen MR) is 105 cm³/mol. The lowest BCUT2D eigenvalue weighted by molar-refractivity contribution is 0.410. The summed E-state index contributed by atoms with van der Waals surface area (Å²) in [5.74, 6) is 2.30. The summed E-state index contributed by atoms with van der Waals surface area (Å²) in [6.45, 7) is 6.14. The highest BCUT2D eigenvalue weighted by molar-refractivity contribution is 7.98. The molecule has 6 heteroatoms. The summed E-state index contributed by atoms with van der Waals surface area (Å²) in [4.78, 5) is 0.314. The Bertz CT molecular complexity index is 815. The lowest BCUT2D eigenvalue weighted by atomic mass is 10.1. The molecule has 136 valence electrons. The lowest BCUT2D eigenvalue weighted by Crippen LogP contribution is -2.27. The summed E-state index contributed by atoms with van der Waals surface area (Å²) in [6, 6.07) is 11.7. The van der Waals surface area contributed by atoms with E-state index in [4.69, 9.17) is 4.74 Å². The van der Waals surface area contributed by atoms with E-state index in [1.54, 1.807) is 37.9 Å². The largest absolute Gasteiger partial charge is 0.496 e. The van der Waals surface area contributed by atoms with Crippen molar-refractivity contribution < 1.29 is 13.2 Å². The third-order valence-corrected chi connectivity index (χ3v) is 6.76. The molecular formula is C19H25NO3S2. The van der Waals surface area contributed by atoms with E-state index < -0.39 is 10.0 Å². The van der Waals surface area contributed by atoms with Gasteiger partial charge in [-0.25, -0.2) is 13.1 Å². The minimum Gasteiger partial charge on any atom is -0.496 e. The fourth-order valence-corrected chi connectivity index (χ4v) is 4.76. The van der Waals surface area contributed by atoms with E-state index >= 15 is 0 Å². The maximum atomic E-state index is 12.5. The van der Waals surface area contributed by atoms with E-state index in [0.29, 0.717) is 17.2 Å². The molecule has 0 aliphatic heterocycles. The van der Waals surface area contributed by atoms with Crippen LogP contribution in [0.25, 0.3) is 0 Å². The summed E-state index contributed by atoms with van der Waals surface area (Å²) < 4.78 is 33.0. The SMILES string of the molecule is COc1ccc(S(=O)(=O)NCCSCc2ccc(C)cc2)c(C)c1C. The van der Waals surface area contributed by atoms with Crippen molar-refractivity contribution in [3.05, 3.63) is 58.7 Å². The molecule has 0 aliphatic rings. The number of hydrogen-bond donors (Lipinski definition) is 1. The van der Waals surface area contributed by atoms with Crippen molar-refractivity contribution in [2.75, 3.05) is 19.4 Å². The summed E-state index contributed by atoms with van der Waals surface area (Å²) in [6.07, 6.45) is 0. The van der Waals surface area contributed by atoms with Crippen LogP contribution in [-0.2, 0) is 15.8 Å². The average Bonchev–Trinajstić information content (AvgIpc) is 2.58. The van der Waals surface area contributed by atoms with Gasteiger partial charge in [-0.05, 0) is 49.6 Å². The van der Waals surface area contributed by atoms with Crippen molar-refractivity contribution in [1.29, 1.82) is 0 Å². The fourth-order valence-electron chi connectivity index (χ4n) is 2.48. The Morgan fingerprint density at radius 3 is 2.32 bits per heavy atom. The summed E-state index contributed by atoms with van der Waals surface area (Å²) in [5, 5.41) is 0. The van der Waals surface area contributed by atoms with Crippen molar-refractivity contribution in [3.63, 3.8) is 0 Å². The molecule has 0 heterocycles. The fraction of sp³-hybridized carbons (Fsp3) is 0.368. The van der Waals surface area contributed by atoms with Gasteiger partial charge in [0.1, 0.15) is 5.75 Å². The monoisotopic (exact) mass is 379 g/mol. The summed E-state index contributed by atoms with van der Waals surface area (Å²) in [5.41, 5.74) is 4.06. The topological polar surface area (TPSA) is 55.4 Å². The number of sulfonamides is 1. The minimum absolute atomic E-state index is 0.314. The second-order valence-corrected chi connectivity index (χ2v) is 8.79. The number of thioether (sulfide) groups is 1. The second-order valence-electron chi connectivity index (χ2n) is 5.95. The zero-order valence-electron chi connectivity index (χ0n) is 15.1. The van der Waals surface area contributed by atoms with Crippen molar-refractivity contribution in [2.24, 2.45) is 0 Å². The van der Waals surface area contributed by atoms with Crippen LogP contribution in [-0.4, -0.2) is 27.8 Å². The van der Waals surface area contributed by atoms with Gasteiger partial charge >= 0.3 is 0 Å². The first-order valence-corrected chi connectivity index (χ1v) is 10.8. The molecular weight excluding hydrogens is 354 g/mol. The number of rotatable bonds is 8. The zero-order chi connectivity index (χ0) is 18.4. The number of hydrogen-bond acceptors (Lipinski definition) is 4. The molecule has 2 aromatic rings. The Labute approximate surface area is 155 Å². The Hall–Kier alpha value is -1.50. The number of ether oxygens (including phenoxy) is 1. The number of nitrogens with one attached hydrogen (secondary N) is 1. The van der Waals surface area contributed by atoms with Gasteiger partial charge in [0, 0.05) is 18.1 Å². The Balaban J connectivity index is 1.89. The Morgan fingerprint density at radius 2 is 1.68 bits per heavy atom. The van der Waals surface area contributed by atoms with E-state index in [1.165, 1.54) is 11.1 Å². The van der Waals surface area contributed by atoms with Crippen LogP contribution in [0, 0.1) is 20.8 Å². The highest BCUT2D eigenvalue weighted by Crippen LogP contribution is 2.26. The van der Waals surface area contributed by atoms with E-state index in [9.17, 15) is 8.42 Å². The average molecular weight is 380 g/mol. The van der Waals surface area contributed by atoms with Crippen LogP contribution in [0.4, 0.5) is 0 Å². The van der Waals surface area contributed by atoms with E-state index in [1.807, 2.05) is 6.92 Å². The van der Waals surface area contributed by atoms with Gasteiger partial charge < -0.3 is 4.74 Å². The van der Waals surface area contributed by atoms with Gasteiger partial charge in [0.2, 0.25) is 10.0 Å². The van der Waals surface area contributed by atoms with Crippen LogP contribution in [0.15, 0.2) is 41.3 Å². The van der Waals surface area contributed by atoms with E-state index in [-0.39, 0.29) is 0 Å². The standard InChI is InChI=1S/C19H25NO3S2/c1-14-5-7-17(8-6-14)13-24-12-11-20-25(21,22)19-10-9-18(23-4)15(2)16(19)3/h5-10,20H,11-13H2,1-4H3. The normalized spacial score (nSPS) is 11.5. The van der Waals surface area contributed by atoms with Gasteiger partial charge in [-0.1, -0.05) is 29.8 Å². The van der Waals surface area contributed by atoms with E-state index in [2.05, 4.69) is 35.9 Å². The zero-order valence-corrected chi connectivity index (χ0v) is 16.8. The van der Waals surface area contributed by atoms with Crippen LogP contribution in [0.3, 0.4) is 0 Å². The third-order valence-electron chi connectivity index (χ3n) is 4.13. The van der Waals surface area contributed by atoms with Gasteiger partial charge in [0.15, 0.2) is 0 Å². The third kappa shape index (κ3) is 5.23. The van der Waals surface area contributed by atoms with Crippen molar-refractivity contribution in [2.45, 2.75) is 31.4 Å². The molecule has 0 unspecified atom stereocenters. The molecule has 0 atom stereocenters. The van der Waals surface area contributed by atoms with Gasteiger partial charge in [-0.3, -0.25) is 0 Å². The maximum Gasteiger partial charge on any atom is 0.240 e. The lowest BCUT2D eigenvalue weighted by Gasteiger charge is -2.13. The first-order chi connectivity index (χ1) is 11.8. The quantitative estimate of drug-likeness (QED) is 0.708. The molecule has 0 amide bonds. The van der Waals surface area contributed by atoms with Crippen LogP contribution in [0.5, 0.6) is 5.75 Å². The van der Waals surface area contributed by atoms with Gasteiger partial charge in [-0.2, -0.15) is 11.8 Å². The maximum absolute atomic E-state index is 12.5. The number of benzene rings is 2. The number of methoxy groups -OCH3 is 1. The molecule has 0 radical (unpaired) electrons. The molecule has 0 bridgehead atoms. The molecule has 0 spiro atoms. The van der Waals surface area contributed by atoms with Crippen LogP contribution >= 0.6 is 11.8 Å². The molecule has 0 saturated carbocycles. The van der Waals surface area contributed by atoms with Crippen molar-refractivity contribution in [3.8, 4) is 5.75 Å². The van der Waals surface area contributed by atoms with Gasteiger partial charge in [0.05, 0.1) is 12.0 Å². The molecule has 4 nitrogen and oxygen atoms in total. The Kier molecular flexibility index (Phi) is 6.93. The first kappa shape index (κ1) is 19.8. The van der Waals surface area contributed by atoms with Crippen molar-refractivity contribution >= 4 is 21.8 Å². The molecule has 0 aliphatic carbocycles. The first-order valence-electron chi connectivity index (χ1n) is 8.12. The van der Waals surface area contributed by atoms with Crippen LogP contribution in [0.2, 0.25) is 0 Å². The predicted octanol–water partition coefficient (Wildman–Crippen LogP) is 3.83. The van der Waals surface area contributed by atoms with Gasteiger partial charge in [0.25, 0.3) is 0 Å². The van der Waals surface area contributed by atoms with E-state index in [0.717, 1.165) is 22.6 Å². The number of aryl methyl sites for hydroxylation is 1. The molecule has 0 fully saturated rings. The molecule has 0 saturated heterocycles. The summed E-state index contributed by atoms with van der Waals surface area (Å²) >= 11 is 1.71. The molecule has 1 N–H and O–H groups in total. The van der Waals surface area contributed by atoms with Gasteiger partial charge in [-0.15, -0.1) is 0 Å². The molecule has 25 heavy (non-hydrogen) atoms. The molecule has 2 rings (SSSR count). The molecule has 0 aromatic heterocycles. The van der Waals surface area contributed by atoms with Crippen LogP contribution in [0.1, 0.15) is 22.3 Å². The molecule has 2 aromatic carbocycles. The second kappa shape index (κ2) is 8.74. The summed E-state index contributed by atoms with van der Waals surface area (Å²) in [7, 11) is -1.93. The van der Waals surface area contributed by atoms with Crippen LogP contribution < -0.4 is 9.46 Å². The minimum atomic E-state index is -3.51. The highest BCUT2D eigenvalue weighted by atomic mass is 32.2. The smallest absolute Gasteiger partial charge is 0.240 e. The van der Waals surface area contributed by atoms with Crippen molar-refractivity contribution in [1.82, 2.24) is 4.72 Å².